The maximum Gasteiger partial charge on any atom is 0.150 e. The van der Waals surface area contributed by atoms with E-state index in [9.17, 15) is 8.42 Å². The normalized spacial score (nSPS) is 25.6. The molecule has 1 aliphatic carbocycles. The van der Waals surface area contributed by atoms with Gasteiger partial charge in [0.05, 0.1) is 5.25 Å². The predicted octanol–water partition coefficient (Wildman–Crippen LogP) is 2.38. The summed E-state index contributed by atoms with van der Waals surface area (Å²) in [4.78, 5) is 0. The molecule has 1 aliphatic rings. The third kappa shape index (κ3) is 6.10. The van der Waals surface area contributed by atoms with Crippen molar-refractivity contribution in [2.24, 2.45) is 5.92 Å². The van der Waals surface area contributed by atoms with Crippen LogP contribution < -0.4 is 5.32 Å². The van der Waals surface area contributed by atoms with Gasteiger partial charge in [-0.05, 0) is 44.6 Å². The quantitative estimate of drug-likeness (QED) is 0.665. The van der Waals surface area contributed by atoms with E-state index < -0.39 is 9.84 Å². The zero-order valence-corrected chi connectivity index (χ0v) is 14.0. The molecule has 1 fully saturated rings. The lowest BCUT2D eigenvalue weighted by molar-refractivity contribution is 0.113. The van der Waals surface area contributed by atoms with Gasteiger partial charge in [0, 0.05) is 25.5 Å². The van der Waals surface area contributed by atoms with Crippen molar-refractivity contribution < 1.29 is 13.2 Å². The van der Waals surface area contributed by atoms with Gasteiger partial charge >= 0.3 is 0 Å². The van der Waals surface area contributed by atoms with Gasteiger partial charge in [-0.1, -0.05) is 20.3 Å². The average molecular weight is 305 g/mol. The van der Waals surface area contributed by atoms with Crippen molar-refractivity contribution in [3.8, 4) is 0 Å². The van der Waals surface area contributed by atoms with Crippen LogP contribution >= 0.6 is 0 Å². The van der Waals surface area contributed by atoms with Crippen LogP contribution in [0.3, 0.4) is 0 Å². The van der Waals surface area contributed by atoms with E-state index in [1.54, 1.807) is 0 Å². The molecule has 0 saturated heterocycles. The summed E-state index contributed by atoms with van der Waals surface area (Å²) in [5.74, 6) is 0.466. The second kappa shape index (κ2) is 9.00. The van der Waals surface area contributed by atoms with Crippen LogP contribution in [0.5, 0.6) is 0 Å². The number of hydrogen-bond donors (Lipinski definition) is 1. The molecule has 0 aromatic heterocycles. The van der Waals surface area contributed by atoms with E-state index in [4.69, 9.17) is 4.74 Å². The van der Waals surface area contributed by atoms with Crippen LogP contribution in [0.1, 0.15) is 52.4 Å². The van der Waals surface area contributed by atoms with Crippen LogP contribution in [0, 0.1) is 5.92 Å². The van der Waals surface area contributed by atoms with Crippen LogP contribution in [-0.4, -0.2) is 45.7 Å². The minimum Gasteiger partial charge on any atom is -0.381 e. The fourth-order valence-corrected chi connectivity index (χ4v) is 4.35. The van der Waals surface area contributed by atoms with Gasteiger partial charge < -0.3 is 10.1 Å². The molecule has 3 unspecified atom stereocenters. The molecule has 0 aromatic rings. The molecule has 0 spiro atoms. The van der Waals surface area contributed by atoms with Gasteiger partial charge in [0.2, 0.25) is 0 Å². The second-order valence-corrected chi connectivity index (χ2v) is 8.27. The first kappa shape index (κ1) is 17.9. The smallest absolute Gasteiger partial charge is 0.150 e. The van der Waals surface area contributed by atoms with E-state index >= 15 is 0 Å². The molecule has 0 aromatic carbocycles. The lowest BCUT2D eigenvalue weighted by atomic mass is 9.82. The molecular weight excluding hydrogens is 274 g/mol. The molecule has 120 valence electrons. The lowest BCUT2D eigenvalue weighted by Gasteiger charge is -2.34. The van der Waals surface area contributed by atoms with Crippen LogP contribution in [0.15, 0.2) is 0 Å². The first-order valence-corrected chi connectivity index (χ1v) is 9.94. The molecular formula is C15H31NO3S. The largest absolute Gasteiger partial charge is 0.381 e. The summed E-state index contributed by atoms with van der Waals surface area (Å²) in [6.45, 7) is 6.73. The molecule has 0 radical (unpaired) electrons. The third-order valence-electron chi connectivity index (χ3n) is 4.23. The second-order valence-electron chi connectivity index (χ2n) is 5.94. The minimum atomic E-state index is -2.90. The van der Waals surface area contributed by atoms with Crippen molar-refractivity contribution in [2.45, 2.75) is 63.7 Å². The SMILES string of the molecule is CCCOCCC(NCC)C1CCCC(S(C)(=O)=O)C1. The topological polar surface area (TPSA) is 55.4 Å². The van der Waals surface area contributed by atoms with E-state index in [1.807, 2.05) is 0 Å². The van der Waals surface area contributed by atoms with Gasteiger partial charge in [0.25, 0.3) is 0 Å². The van der Waals surface area contributed by atoms with Gasteiger partial charge in [-0.2, -0.15) is 0 Å². The Hall–Kier alpha value is -0.130. The van der Waals surface area contributed by atoms with Crippen LogP contribution in [0.2, 0.25) is 0 Å². The van der Waals surface area contributed by atoms with Gasteiger partial charge in [0.15, 0.2) is 0 Å². The van der Waals surface area contributed by atoms with Gasteiger partial charge in [0.1, 0.15) is 9.84 Å². The number of rotatable bonds is 9. The minimum absolute atomic E-state index is 0.140. The zero-order chi connectivity index (χ0) is 15.0. The Bertz CT molecular complexity index is 356. The highest BCUT2D eigenvalue weighted by Crippen LogP contribution is 2.31. The maximum atomic E-state index is 11.8. The molecule has 4 nitrogen and oxygen atoms in total. The summed E-state index contributed by atoms with van der Waals surface area (Å²) >= 11 is 0. The maximum absolute atomic E-state index is 11.8. The van der Waals surface area contributed by atoms with E-state index in [0.29, 0.717) is 12.0 Å². The molecule has 1 rings (SSSR count). The van der Waals surface area contributed by atoms with Gasteiger partial charge in [-0.25, -0.2) is 8.42 Å². The monoisotopic (exact) mass is 305 g/mol. The van der Waals surface area contributed by atoms with Crippen molar-refractivity contribution >= 4 is 9.84 Å². The van der Waals surface area contributed by atoms with Crippen molar-refractivity contribution in [1.29, 1.82) is 0 Å². The molecule has 0 amide bonds. The molecule has 1 saturated carbocycles. The fraction of sp³-hybridized carbons (Fsp3) is 1.00. The highest BCUT2D eigenvalue weighted by atomic mass is 32.2. The number of sulfone groups is 1. The summed E-state index contributed by atoms with van der Waals surface area (Å²) in [5.41, 5.74) is 0. The van der Waals surface area contributed by atoms with Crippen molar-refractivity contribution in [3.63, 3.8) is 0 Å². The lowest BCUT2D eigenvalue weighted by Crippen LogP contribution is -2.41. The van der Waals surface area contributed by atoms with Crippen molar-refractivity contribution in [1.82, 2.24) is 5.32 Å². The first-order chi connectivity index (χ1) is 9.49. The highest BCUT2D eigenvalue weighted by molar-refractivity contribution is 7.91. The predicted molar refractivity (Wildman–Crippen MR) is 83.8 cm³/mol. The van der Waals surface area contributed by atoms with E-state index in [2.05, 4.69) is 19.2 Å². The third-order valence-corrected chi connectivity index (χ3v) is 5.87. The standard InChI is InChI=1S/C15H31NO3S/c1-4-10-19-11-9-15(16-5-2)13-7-6-8-14(12-13)20(3,17)18/h13-16H,4-12H2,1-3H3. The fourth-order valence-electron chi connectivity index (χ4n) is 3.16. The molecule has 0 heterocycles. The summed E-state index contributed by atoms with van der Waals surface area (Å²) < 4.78 is 29.1. The number of ether oxygens (including phenoxy) is 1. The molecule has 0 aliphatic heterocycles. The Balaban J connectivity index is 2.52. The molecule has 0 bridgehead atoms. The van der Waals surface area contributed by atoms with E-state index in [-0.39, 0.29) is 5.25 Å². The molecule has 5 heteroatoms. The highest BCUT2D eigenvalue weighted by Gasteiger charge is 2.32. The number of nitrogens with one attached hydrogen (secondary N) is 1. The van der Waals surface area contributed by atoms with Gasteiger partial charge in [-0.3, -0.25) is 0 Å². The number of hydrogen-bond acceptors (Lipinski definition) is 4. The Morgan fingerprint density at radius 3 is 2.60 bits per heavy atom. The molecule has 3 atom stereocenters. The first-order valence-electron chi connectivity index (χ1n) is 7.99. The molecule has 1 N–H and O–H groups in total. The summed E-state index contributed by atoms with van der Waals surface area (Å²) in [6, 6.07) is 0.390. The Labute approximate surface area is 124 Å². The molecule has 20 heavy (non-hydrogen) atoms. The summed E-state index contributed by atoms with van der Waals surface area (Å²) in [5, 5.41) is 3.39. The van der Waals surface area contributed by atoms with E-state index in [0.717, 1.165) is 58.3 Å². The summed E-state index contributed by atoms with van der Waals surface area (Å²) in [6.07, 6.45) is 7.22. The summed E-state index contributed by atoms with van der Waals surface area (Å²) in [7, 11) is -2.90. The van der Waals surface area contributed by atoms with Crippen molar-refractivity contribution in [3.05, 3.63) is 0 Å². The van der Waals surface area contributed by atoms with E-state index in [1.165, 1.54) is 6.26 Å². The average Bonchev–Trinajstić information content (AvgIpc) is 2.41. The van der Waals surface area contributed by atoms with Crippen molar-refractivity contribution in [2.75, 3.05) is 26.0 Å². The van der Waals surface area contributed by atoms with Crippen LogP contribution in [0.25, 0.3) is 0 Å². The Kier molecular flexibility index (Phi) is 8.07. The zero-order valence-electron chi connectivity index (χ0n) is 13.2. The Morgan fingerprint density at radius 2 is 2.00 bits per heavy atom. The van der Waals surface area contributed by atoms with Gasteiger partial charge in [-0.15, -0.1) is 0 Å². The Morgan fingerprint density at radius 1 is 1.25 bits per heavy atom. The van der Waals surface area contributed by atoms with Crippen LogP contribution in [-0.2, 0) is 14.6 Å². The van der Waals surface area contributed by atoms with Crippen LogP contribution in [0.4, 0.5) is 0 Å².